The van der Waals surface area contributed by atoms with Crippen molar-refractivity contribution in [2.24, 2.45) is 0 Å². The van der Waals surface area contributed by atoms with E-state index in [-0.39, 0.29) is 11.7 Å². The maximum absolute atomic E-state index is 12.1. The number of benzene rings is 1. The highest BCUT2D eigenvalue weighted by Crippen LogP contribution is 2.24. The van der Waals surface area contributed by atoms with Gasteiger partial charge < -0.3 is 10.4 Å². The minimum atomic E-state index is -0.274. The van der Waals surface area contributed by atoms with E-state index in [4.69, 9.17) is 0 Å². The van der Waals surface area contributed by atoms with Gasteiger partial charge in [0.2, 0.25) is 0 Å². The van der Waals surface area contributed by atoms with Crippen LogP contribution in [-0.2, 0) is 0 Å². The van der Waals surface area contributed by atoms with Gasteiger partial charge in [-0.2, -0.15) is 0 Å². The number of carbonyl (C=O) groups is 1. The lowest BCUT2D eigenvalue weighted by atomic mass is 10.1. The Bertz CT molecular complexity index is 636. The van der Waals surface area contributed by atoms with Gasteiger partial charge in [0.25, 0.3) is 5.91 Å². The first-order valence-corrected chi connectivity index (χ1v) is 6.02. The van der Waals surface area contributed by atoms with Gasteiger partial charge in [-0.3, -0.25) is 9.78 Å². The van der Waals surface area contributed by atoms with E-state index in [0.29, 0.717) is 16.9 Å². The first-order chi connectivity index (χ1) is 8.97. The molecule has 0 saturated carbocycles. The minimum Gasteiger partial charge on any atom is -0.506 e. The lowest BCUT2D eigenvalue weighted by Gasteiger charge is -2.09. The third-order valence-electron chi connectivity index (χ3n) is 2.87. The Kier molecular flexibility index (Phi) is 3.51. The number of aryl methyl sites for hydroxylation is 3. The molecule has 0 atom stereocenters. The molecule has 2 N–H and O–H groups in total. The normalized spacial score (nSPS) is 10.3. The summed E-state index contributed by atoms with van der Waals surface area (Å²) < 4.78 is 0. The van der Waals surface area contributed by atoms with E-state index in [1.165, 1.54) is 0 Å². The van der Waals surface area contributed by atoms with Crippen molar-refractivity contribution < 1.29 is 9.90 Å². The molecular formula is C15H16N2O2. The van der Waals surface area contributed by atoms with Gasteiger partial charge in [0.1, 0.15) is 5.75 Å². The second-order valence-electron chi connectivity index (χ2n) is 4.56. The molecule has 1 amide bonds. The fourth-order valence-corrected chi connectivity index (χ4v) is 1.86. The van der Waals surface area contributed by atoms with Gasteiger partial charge in [0.05, 0.1) is 16.9 Å². The van der Waals surface area contributed by atoms with Crippen LogP contribution >= 0.6 is 0 Å². The molecule has 0 radical (unpaired) electrons. The number of pyridine rings is 1. The first-order valence-electron chi connectivity index (χ1n) is 6.02. The molecule has 0 spiro atoms. The molecule has 2 aromatic rings. The zero-order valence-corrected chi connectivity index (χ0v) is 11.2. The number of hydrogen-bond acceptors (Lipinski definition) is 3. The van der Waals surface area contributed by atoms with Crippen molar-refractivity contribution in [3.05, 3.63) is 52.8 Å². The molecule has 4 heteroatoms. The molecule has 98 valence electrons. The number of hydrogen-bond donors (Lipinski definition) is 2. The van der Waals surface area contributed by atoms with Crippen molar-refractivity contribution in [2.75, 3.05) is 5.32 Å². The fourth-order valence-electron chi connectivity index (χ4n) is 1.86. The summed E-state index contributed by atoms with van der Waals surface area (Å²) in [6.07, 6.45) is 0. The number of aromatic hydroxyl groups is 1. The molecule has 0 bridgehead atoms. The first kappa shape index (κ1) is 13.1. The fraction of sp³-hybridized carbons (Fsp3) is 0.200. The average molecular weight is 256 g/mol. The summed E-state index contributed by atoms with van der Waals surface area (Å²) in [5.74, 6) is -0.213. The van der Waals surface area contributed by atoms with E-state index in [2.05, 4.69) is 10.3 Å². The molecule has 0 unspecified atom stereocenters. The topological polar surface area (TPSA) is 62.2 Å². The third-order valence-corrected chi connectivity index (χ3v) is 2.87. The smallest absolute Gasteiger partial charge is 0.257 e. The van der Waals surface area contributed by atoms with Crippen LogP contribution in [0.2, 0.25) is 0 Å². The largest absolute Gasteiger partial charge is 0.506 e. The van der Waals surface area contributed by atoms with Crippen molar-refractivity contribution in [3.8, 4) is 5.75 Å². The molecule has 0 aliphatic heterocycles. The predicted molar refractivity (Wildman–Crippen MR) is 74.5 cm³/mol. The summed E-state index contributed by atoms with van der Waals surface area (Å²) >= 11 is 0. The van der Waals surface area contributed by atoms with Crippen LogP contribution in [0.1, 0.15) is 27.3 Å². The van der Waals surface area contributed by atoms with Crippen LogP contribution in [0.15, 0.2) is 30.3 Å². The molecule has 0 saturated heterocycles. The number of anilines is 1. The lowest BCUT2D eigenvalue weighted by molar-refractivity contribution is 0.102. The van der Waals surface area contributed by atoms with Gasteiger partial charge in [0, 0.05) is 5.69 Å². The number of nitrogens with one attached hydrogen (secondary N) is 1. The van der Waals surface area contributed by atoms with Crippen LogP contribution in [-0.4, -0.2) is 16.0 Å². The van der Waals surface area contributed by atoms with Gasteiger partial charge in [-0.25, -0.2) is 0 Å². The number of carbonyl (C=O) groups excluding carboxylic acids is 1. The highest BCUT2D eigenvalue weighted by atomic mass is 16.3. The number of phenols is 1. The molecule has 1 aromatic heterocycles. The van der Waals surface area contributed by atoms with Crippen LogP contribution in [0.4, 0.5) is 5.69 Å². The Hall–Kier alpha value is -2.36. The van der Waals surface area contributed by atoms with Gasteiger partial charge in [-0.05, 0) is 50.6 Å². The van der Waals surface area contributed by atoms with Crippen molar-refractivity contribution in [2.45, 2.75) is 20.8 Å². The Labute approximate surface area is 112 Å². The number of amides is 1. The maximum atomic E-state index is 12.1. The standard InChI is InChI=1S/C15H16N2O2/c1-9-4-7-13(14(18)8-9)17-15(19)12-6-5-10(2)16-11(12)3/h4-8,18H,1-3H3,(H,17,19). The molecule has 2 rings (SSSR count). The summed E-state index contributed by atoms with van der Waals surface area (Å²) in [7, 11) is 0. The Balaban J connectivity index is 2.25. The summed E-state index contributed by atoms with van der Waals surface area (Å²) in [6, 6.07) is 8.64. The Morgan fingerprint density at radius 2 is 1.89 bits per heavy atom. The maximum Gasteiger partial charge on any atom is 0.257 e. The molecule has 1 aromatic carbocycles. The second-order valence-corrected chi connectivity index (χ2v) is 4.56. The highest BCUT2D eigenvalue weighted by molar-refractivity contribution is 6.05. The van der Waals surface area contributed by atoms with E-state index >= 15 is 0 Å². The molecule has 0 aliphatic carbocycles. The molecule has 0 aliphatic rings. The van der Waals surface area contributed by atoms with E-state index in [9.17, 15) is 9.90 Å². The Morgan fingerprint density at radius 1 is 1.16 bits per heavy atom. The predicted octanol–water partition coefficient (Wildman–Crippen LogP) is 2.96. The molecule has 19 heavy (non-hydrogen) atoms. The van der Waals surface area contributed by atoms with Gasteiger partial charge in [-0.15, -0.1) is 0 Å². The summed E-state index contributed by atoms with van der Waals surface area (Å²) in [6.45, 7) is 5.54. The van der Waals surface area contributed by atoms with Crippen molar-refractivity contribution in [1.29, 1.82) is 0 Å². The third kappa shape index (κ3) is 2.91. The van der Waals surface area contributed by atoms with Crippen molar-refractivity contribution in [3.63, 3.8) is 0 Å². The minimum absolute atomic E-state index is 0.0612. The SMILES string of the molecule is Cc1ccc(NC(=O)c2ccc(C)nc2C)c(O)c1. The lowest BCUT2D eigenvalue weighted by Crippen LogP contribution is -2.14. The zero-order chi connectivity index (χ0) is 14.0. The van der Waals surface area contributed by atoms with Crippen molar-refractivity contribution >= 4 is 11.6 Å². The quantitative estimate of drug-likeness (QED) is 0.812. The second kappa shape index (κ2) is 5.10. The van der Waals surface area contributed by atoms with Crippen LogP contribution in [0, 0.1) is 20.8 Å². The number of phenolic OH excluding ortho intramolecular Hbond substituents is 1. The monoisotopic (exact) mass is 256 g/mol. The van der Waals surface area contributed by atoms with Crippen LogP contribution in [0.3, 0.4) is 0 Å². The van der Waals surface area contributed by atoms with Crippen LogP contribution < -0.4 is 5.32 Å². The molecule has 0 fully saturated rings. The van der Waals surface area contributed by atoms with Gasteiger partial charge >= 0.3 is 0 Å². The van der Waals surface area contributed by atoms with Crippen LogP contribution in [0.5, 0.6) is 5.75 Å². The van der Waals surface area contributed by atoms with E-state index < -0.39 is 0 Å². The van der Waals surface area contributed by atoms with Gasteiger partial charge in [0.15, 0.2) is 0 Å². The Morgan fingerprint density at radius 3 is 2.53 bits per heavy atom. The van der Waals surface area contributed by atoms with Gasteiger partial charge in [-0.1, -0.05) is 6.07 Å². The van der Waals surface area contributed by atoms with E-state index in [1.807, 2.05) is 19.9 Å². The average Bonchev–Trinajstić information content (AvgIpc) is 2.32. The molecule has 1 heterocycles. The number of nitrogens with zero attached hydrogens (tertiary/aromatic N) is 1. The summed E-state index contributed by atoms with van der Waals surface area (Å²) in [5, 5.41) is 12.5. The van der Waals surface area contributed by atoms with E-state index in [1.54, 1.807) is 31.2 Å². The zero-order valence-electron chi connectivity index (χ0n) is 11.2. The van der Waals surface area contributed by atoms with E-state index in [0.717, 1.165) is 11.3 Å². The molecule has 4 nitrogen and oxygen atoms in total. The number of aromatic nitrogens is 1. The highest BCUT2D eigenvalue weighted by Gasteiger charge is 2.12. The van der Waals surface area contributed by atoms with Crippen LogP contribution in [0.25, 0.3) is 0 Å². The summed E-state index contributed by atoms with van der Waals surface area (Å²) in [4.78, 5) is 16.4. The molecular weight excluding hydrogens is 240 g/mol. The number of rotatable bonds is 2. The van der Waals surface area contributed by atoms with Crippen molar-refractivity contribution in [1.82, 2.24) is 4.98 Å². The summed E-state index contributed by atoms with van der Waals surface area (Å²) in [5.41, 5.74) is 3.38.